The second-order valence-corrected chi connectivity index (χ2v) is 4.53. The molecule has 2 N–H and O–H groups in total. The molecule has 1 aliphatic rings. The molecule has 3 rings (SSSR count). The van der Waals surface area contributed by atoms with Gasteiger partial charge in [0.2, 0.25) is 0 Å². The number of aromatic nitrogens is 2. The van der Waals surface area contributed by atoms with E-state index in [0.717, 1.165) is 22.1 Å². The van der Waals surface area contributed by atoms with E-state index < -0.39 is 0 Å². The zero-order valence-corrected chi connectivity index (χ0v) is 9.46. The van der Waals surface area contributed by atoms with E-state index in [1.54, 1.807) is 0 Å². The van der Waals surface area contributed by atoms with Gasteiger partial charge in [-0.2, -0.15) is 5.10 Å². The van der Waals surface area contributed by atoms with Crippen molar-refractivity contribution in [3.8, 4) is 11.3 Å². The standard InChI is InChI=1S/C12H12ClN3/c13-9-3-1-8(2-4-9)11-7-12(16-15-11)14-10-5-6-10/h1-4,7,10H,5-6H2,(H2,14,15,16). The molecule has 1 heterocycles. The first-order valence-corrected chi connectivity index (χ1v) is 5.77. The predicted molar refractivity (Wildman–Crippen MR) is 65.7 cm³/mol. The van der Waals surface area contributed by atoms with Gasteiger partial charge in [-0.15, -0.1) is 0 Å². The van der Waals surface area contributed by atoms with Gasteiger partial charge >= 0.3 is 0 Å². The summed E-state index contributed by atoms with van der Waals surface area (Å²) < 4.78 is 0. The monoisotopic (exact) mass is 233 g/mol. The summed E-state index contributed by atoms with van der Waals surface area (Å²) in [6.45, 7) is 0. The molecular formula is C12H12ClN3. The number of halogens is 1. The van der Waals surface area contributed by atoms with Crippen molar-refractivity contribution in [1.29, 1.82) is 0 Å². The SMILES string of the molecule is Clc1ccc(-c2cc(NC3CC3)n[nH]2)cc1. The molecule has 0 saturated heterocycles. The van der Waals surface area contributed by atoms with Gasteiger partial charge in [0.1, 0.15) is 5.82 Å². The molecule has 1 aromatic heterocycles. The molecular weight excluding hydrogens is 222 g/mol. The third kappa shape index (κ3) is 2.04. The van der Waals surface area contributed by atoms with Gasteiger partial charge in [-0.05, 0) is 30.5 Å². The van der Waals surface area contributed by atoms with E-state index in [-0.39, 0.29) is 0 Å². The Morgan fingerprint density at radius 2 is 2.00 bits per heavy atom. The van der Waals surface area contributed by atoms with Crippen LogP contribution in [0.4, 0.5) is 5.82 Å². The topological polar surface area (TPSA) is 40.7 Å². The van der Waals surface area contributed by atoms with Gasteiger partial charge in [-0.1, -0.05) is 23.7 Å². The van der Waals surface area contributed by atoms with Crippen LogP contribution in [-0.2, 0) is 0 Å². The van der Waals surface area contributed by atoms with E-state index in [1.165, 1.54) is 12.8 Å². The lowest BCUT2D eigenvalue weighted by atomic mass is 10.1. The molecule has 1 aromatic carbocycles. The largest absolute Gasteiger partial charge is 0.366 e. The van der Waals surface area contributed by atoms with E-state index in [0.29, 0.717) is 6.04 Å². The number of nitrogens with zero attached hydrogens (tertiary/aromatic N) is 1. The van der Waals surface area contributed by atoms with Gasteiger partial charge < -0.3 is 5.32 Å². The molecule has 1 saturated carbocycles. The van der Waals surface area contributed by atoms with Crippen LogP contribution in [-0.4, -0.2) is 16.2 Å². The van der Waals surface area contributed by atoms with Crippen LogP contribution in [0.25, 0.3) is 11.3 Å². The normalized spacial score (nSPS) is 15.1. The molecule has 4 heteroatoms. The summed E-state index contributed by atoms with van der Waals surface area (Å²) in [6, 6.07) is 10.4. The van der Waals surface area contributed by atoms with Crippen LogP contribution < -0.4 is 5.32 Å². The van der Waals surface area contributed by atoms with Crippen molar-refractivity contribution in [2.24, 2.45) is 0 Å². The lowest BCUT2D eigenvalue weighted by Crippen LogP contribution is -2.00. The average Bonchev–Trinajstić information content (AvgIpc) is 2.97. The summed E-state index contributed by atoms with van der Waals surface area (Å²) in [5.41, 5.74) is 2.11. The molecule has 0 aliphatic heterocycles. The van der Waals surface area contributed by atoms with E-state index in [4.69, 9.17) is 11.6 Å². The Bertz CT molecular complexity index is 485. The lowest BCUT2D eigenvalue weighted by molar-refractivity contribution is 1.05. The van der Waals surface area contributed by atoms with E-state index >= 15 is 0 Å². The molecule has 0 bridgehead atoms. The van der Waals surface area contributed by atoms with Crippen molar-refractivity contribution in [3.63, 3.8) is 0 Å². The van der Waals surface area contributed by atoms with Crippen molar-refractivity contribution in [2.75, 3.05) is 5.32 Å². The molecule has 0 amide bonds. The second kappa shape index (κ2) is 3.83. The minimum absolute atomic E-state index is 0.626. The van der Waals surface area contributed by atoms with Crippen LogP contribution >= 0.6 is 11.6 Å². The number of anilines is 1. The first-order chi connectivity index (χ1) is 7.81. The molecule has 3 nitrogen and oxygen atoms in total. The summed E-state index contributed by atoms with van der Waals surface area (Å²) >= 11 is 5.84. The fourth-order valence-electron chi connectivity index (χ4n) is 1.61. The van der Waals surface area contributed by atoms with Crippen LogP contribution in [0.2, 0.25) is 5.02 Å². The summed E-state index contributed by atoms with van der Waals surface area (Å²) in [7, 11) is 0. The summed E-state index contributed by atoms with van der Waals surface area (Å²) in [5, 5.41) is 11.3. The van der Waals surface area contributed by atoms with Gasteiger partial charge in [0.05, 0.1) is 5.69 Å². The molecule has 1 aliphatic carbocycles. The van der Waals surface area contributed by atoms with E-state index in [9.17, 15) is 0 Å². The van der Waals surface area contributed by atoms with Crippen molar-refractivity contribution in [2.45, 2.75) is 18.9 Å². The number of H-pyrrole nitrogens is 1. The molecule has 82 valence electrons. The Balaban J connectivity index is 1.82. The van der Waals surface area contributed by atoms with E-state index in [2.05, 4.69) is 15.5 Å². The molecule has 0 radical (unpaired) electrons. The van der Waals surface area contributed by atoms with Crippen LogP contribution in [0.1, 0.15) is 12.8 Å². The fraction of sp³-hybridized carbons (Fsp3) is 0.250. The maximum Gasteiger partial charge on any atom is 0.148 e. The number of aromatic amines is 1. The van der Waals surface area contributed by atoms with Crippen molar-refractivity contribution in [1.82, 2.24) is 10.2 Å². The first kappa shape index (κ1) is 9.73. The Morgan fingerprint density at radius 1 is 1.25 bits per heavy atom. The summed E-state index contributed by atoms with van der Waals surface area (Å²) in [5.74, 6) is 0.924. The number of hydrogen-bond acceptors (Lipinski definition) is 2. The van der Waals surface area contributed by atoms with Crippen LogP contribution in [0, 0.1) is 0 Å². The van der Waals surface area contributed by atoms with Crippen LogP contribution in [0.15, 0.2) is 30.3 Å². The maximum absolute atomic E-state index is 5.84. The average molecular weight is 234 g/mol. The first-order valence-electron chi connectivity index (χ1n) is 5.39. The third-order valence-corrected chi connectivity index (χ3v) is 2.91. The fourth-order valence-corrected chi connectivity index (χ4v) is 1.74. The number of nitrogens with one attached hydrogen (secondary N) is 2. The van der Waals surface area contributed by atoms with Gasteiger partial charge in [-0.25, -0.2) is 0 Å². The van der Waals surface area contributed by atoms with Crippen LogP contribution in [0.5, 0.6) is 0 Å². The number of hydrogen-bond donors (Lipinski definition) is 2. The predicted octanol–water partition coefficient (Wildman–Crippen LogP) is 3.30. The second-order valence-electron chi connectivity index (χ2n) is 4.09. The molecule has 2 aromatic rings. The van der Waals surface area contributed by atoms with Crippen molar-refractivity contribution in [3.05, 3.63) is 35.4 Å². The van der Waals surface area contributed by atoms with E-state index in [1.807, 2.05) is 30.3 Å². The molecule has 0 atom stereocenters. The lowest BCUT2D eigenvalue weighted by Gasteiger charge is -1.97. The summed E-state index contributed by atoms with van der Waals surface area (Å²) in [4.78, 5) is 0. The summed E-state index contributed by atoms with van der Waals surface area (Å²) in [6.07, 6.45) is 2.51. The van der Waals surface area contributed by atoms with Crippen LogP contribution in [0.3, 0.4) is 0 Å². The Morgan fingerprint density at radius 3 is 2.69 bits per heavy atom. The zero-order chi connectivity index (χ0) is 11.0. The Kier molecular flexibility index (Phi) is 2.33. The highest BCUT2D eigenvalue weighted by Crippen LogP contribution is 2.26. The highest BCUT2D eigenvalue weighted by Gasteiger charge is 2.21. The van der Waals surface area contributed by atoms with Gasteiger partial charge in [0.15, 0.2) is 0 Å². The Labute approximate surface area is 98.8 Å². The minimum Gasteiger partial charge on any atom is -0.366 e. The molecule has 0 unspecified atom stereocenters. The molecule has 1 fully saturated rings. The van der Waals surface area contributed by atoms with Gasteiger partial charge in [-0.3, -0.25) is 5.10 Å². The number of benzene rings is 1. The third-order valence-electron chi connectivity index (χ3n) is 2.66. The highest BCUT2D eigenvalue weighted by atomic mass is 35.5. The molecule has 0 spiro atoms. The van der Waals surface area contributed by atoms with Gasteiger partial charge in [0.25, 0.3) is 0 Å². The highest BCUT2D eigenvalue weighted by molar-refractivity contribution is 6.30. The molecule has 16 heavy (non-hydrogen) atoms. The smallest absolute Gasteiger partial charge is 0.148 e. The quantitative estimate of drug-likeness (QED) is 0.854. The van der Waals surface area contributed by atoms with Crippen molar-refractivity contribution < 1.29 is 0 Å². The minimum atomic E-state index is 0.626. The van der Waals surface area contributed by atoms with Gasteiger partial charge in [0, 0.05) is 17.1 Å². The Hall–Kier alpha value is -1.48. The number of rotatable bonds is 3. The zero-order valence-electron chi connectivity index (χ0n) is 8.70. The maximum atomic E-state index is 5.84. The van der Waals surface area contributed by atoms with Crippen molar-refractivity contribution >= 4 is 17.4 Å².